The van der Waals surface area contributed by atoms with Crippen LogP contribution in [0.3, 0.4) is 0 Å². The standard InChI is InChI=1S/C12H15N5O2/c1-7(2)19-9-4-5-10(8(3)6-9)13-12(18)11-14-16-17-15-11/h4-7H,1-3H3,(H,13,18)(H,14,15,16,17). The number of anilines is 1. The van der Waals surface area contributed by atoms with E-state index in [0.29, 0.717) is 5.69 Å². The summed E-state index contributed by atoms with van der Waals surface area (Å²) < 4.78 is 5.57. The number of amides is 1. The highest BCUT2D eigenvalue weighted by Crippen LogP contribution is 2.22. The minimum absolute atomic E-state index is 0.00177. The van der Waals surface area contributed by atoms with Crippen LogP contribution in [0.5, 0.6) is 5.75 Å². The Labute approximate surface area is 110 Å². The molecule has 0 bridgehead atoms. The summed E-state index contributed by atoms with van der Waals surface area (Å²) in [6, 6.07) is 5.45. The van der Waals surface area contributed by atoms with E-state index in [1.54, 1.807) is 12.1 Å². The van der Waals surface area contributed by atoms with E-state index >= 15 is 0 Å². The number of ether oxygens (including phenoxy) is 1. The van der Waals surface area contributed by atoms with Gasteiger partial charge in [0.15, 0.2) is 0 Å². The second-order valence-electron chi connectivity index (χ2n) is 4.33. The van der Waals surface area contributed by atoms with Gasteiger partial charge >= 0.3 is 0 Å². The Kier molecular flexibility index (Phi) is 3.74. The molecule has 0 aliphatic carbocycles. The molecule has 1 heterocycles. The molecule has 0 atom stereocenters. The quantitative estimate of drug-likeness (QED) is 0.871. The van der Waals surface area contributed by atoms with Gasteiger partial charge in [-0.25, -0.2) is 0 Å². The molecular weight excluding hydrogens is 246 g/mol. The molecule has 2 N–H and O–H groups in total. The van der Waals surface area contributed by atoms with Crippen molar-refractivity contribution in [1.29, 1.82) is 0 Å². The maximum Gasteiger partial charge on any atom is 0.297 e. The van der Waals surface area contributed by atoms with Crippen molar-refractivity contribution < 1.29 is 9.53 Å². The number of hydrogen-bond donors (Lipinski definition) is 2. The molecule has 0 aliphatic rings. The molecule has 2 rings (SSSR count). The zero-order chi connectivity index (χ0) is 13.8. The molecular formula is C12H15N5O2. The van der Waals surface area contributed by atoms with E-state index in [1.807, 2.05) is 26.8 Å². The molecule has 7 heteroatoms. The maximum absolute atomic E-state index is 11.8. The molecule has 0 aliphatic heterocycles. The molecule has 1 aromatic heterocycles. The summed E-state index contributed by atoms with van der Waals surface area (Å²) in [7, 11) is 0. The summed E-state index contributed by atoms with van der Waals surface area (Å²) in [4.78, 5) is 11.8. The van der Waals surface area contributed by atoms with Gasteiger partial charge in [0.2, 0.25) is 0 Å². The van der Waals surface area contributed by atoms with E-state index in [2.05, 4.69) is 25.9 Å². The minimum atomic E-state index is -0.408. The van der Waals surface area contributed by atoms with Crippen LogP contribution in [0.2, 0.25) is 0 Å². The van der Waals surface area contributed by atoms with Gasteiger partial charge in [-0.1, -0.05) is 0 Å². The van der Waals surface area contributed by atoms with Crippen LogP contribution in [0, 0.1) is 6.92 Å². The zero-order valence-electron chi connectivity index (χ0n) is 11.0. The number of nitrogens with zero attached hydrogens (tertiary/aromatic N) is 3. The summed E-state index contributed by atoms with van der Waals surface area (Å²) in [6.07, 6.45) is 0.110. The average molecular weight is 261 g/mol. The smallest absolute Gasteiger partial charge is 0.297 e. The van der Waals surface area contributed by atoms with Crippen LogP contribution in [0.25, 0.3) is 0 Å². The lowest BCUT2D eigenvalue weighted by atomic mass is 10.2. The Morgan fingerprint density at radius 1 is 1.42 bits per heavy atom. The number of tetrazole rings is 1. The van der Waals surface area contributed by atoms with Crippen molar-refractivity contribution in [3.8, 4) is 5.75 Å². The van der Waals surface area contributed by atoms with Gasteiger partial charge in [0.1, 0.15) is 5.75 Å². The van der Waals surface area contributed by atoms with Crippen LogP contribution >= 0.6 is 0 Å². The third kappa shape index (κ3) is 3.27. The molecule has 7 nitrogen and oxygen atoms in total. The van der Waals surface area contributed by atoms with Crippen molar-refractivity contribution in [3.05, 3.63) is 29.6 Å². The number of hydrogen-bond acceptors (Lipinski definition) is 5. The van der Waals surface area contributed by atoms with Crippen LogP contribution in [-0.4, -0.2) is 32.6 Å². The lowest BCUT2D eigenvalue weighted by Crippen LogP contribution is -2.14. The Bertz CT molecular complexity index is 566. The molecule has 0 spiro atoms. The van der Waals surface area contributed by atoms with Gasteiger partial charge in [-0.3, -0.25) is 4.79 Å². The van der Waals surface area contributed by atoms with Crippen LogP contribution in [0.1, 0.15) is 30.0 Å². The SMILES string of the molecule is Cc1cc(OC(C)C)ccc1NC(=O)c1nn[nH]n1. The molecule has 19 heavy (non-hydrogen) atoms. The van der Waals surface area contributed by atoms with Crippen molar-refractivity contribution >= 4 is 11.6 Å². The van der Waals surface area contributed by atoms with Gasteiger partial charge in [-0.05, 0) is 49.7 Å². The van der Waals surface area contributed by atoms with Gasteiger partial charge < -0.3 is 10.1 Å². The topological polar surface area (TPSA) is 92.8 Å². The predicted octanol–water partition coefficient (Wildman–Crippen LogP) is 1.55. The number of aromatic amines is 1. The van der Waals surface area contributed by atoms with E-state index in [4.69, 9.17) is 4.74 Å². The molecule has 1 aromatic carbocycles. The normalized spacial score (nSPS) is 10.5. The highest BCUT2D eigenvalue weighted by atomic mass is 16.5. The number of carbonyl (C=O) groups is 1. The Morgan fingerprint density at radius 2 is 2.21 bits per heavy atom. The number of H-pyrrole nitrogens is 1. The molecule has 2 aromatic rings. The predicted molar refractivity (Wildman–Crippen MR) is 69.1 cm³/mol. The van der Waals surface area contributed by atoms with E-state index in [-0.39, 0.29) is 11.9 Å². The van der Waals surface area contributed by atoms with Gasteiger partial charge in [-0.15, -0.1) is 10.2 Å². The first-order valence-corrected chi connectivity index (χ1v) is 5.88. The first-order chi connectivity index (χ1) is 9.06. The van der Waals surface area contributed by atoms with Gasteiger partial charge in [0, 0.05) is 5.69 Å². The highest BCUT2D eigenvalue weighted by Gasteiger charge is 2.12. The fraction of sp³-hybridized carbons (Fsp3) is 0.333. The number of aromatic nitrogens is 4. The first-order valence-electron chi connectivity index (χ1n) is 5.88. The van der Waals surface area contributed by atoms with Gasteiger partial charge in [0.05, 0.1) is 6.10 Å². The fourth-order valence-electron chi connectivity index (χ4n) is 1.56. The Morgan fingerprint density at radius 3 is 2.79 bits per heavy atom. The maximum atomic E-state index is 11.8. The lowest BCUT2D eigenvalue weighted by Gasteiger charge is -2.12. The molecule has 0 saturated carbocycles. The van der Waals surface area contributed by atoms with Crippen molar-refractivity contribution in [2.75, 3.05) is 5.32 Å². The summed E-state index contributed by atoms with van der Waals surface area (Å²) in [5.74, 6) is 0.362. The Hall–Kier alpha value is -2.44. The van der Waals surface area contributed by atoms with Crippen LogP contribution in [0.4, 0.5) is 5.69 Å². The molecule has 0 fully saturated rings. The average Bonchev–Trinajstić information content (AvgIpc) is 2.85. The lowest BCUT2D eigenvalue weighted by molar-refractivity contribution is 0.101. The molecule has 1 amide bonds. The minimum Gasteiger partial charge on any atom is -0.491 e. The number of nitrogens with one attached hydrogen (secondary N) is 2. The van der Waals surface area contributed by atoms with Crippen molar-refractivity contribution in [2.24, 2.45) is 0 Å². The van der Waals surface area contributed by atoms with Crippen molar-refractivity contribution in [1.82, 2.24) is 20.6 Å². The molecule has 0 unspecified atom stereocenters. The number of benzene rings is 1. The van der Waals surface area contributed by atoms with Gasteiger partial charge in [0.25, 0.3) is 11.7 Å². The third-order valence-electron chi connectivity index (χ3n) is 2.37. The van der Waals surface area contributed by atoms with E-state index in [9.17, 15) is 4.79 Å². The van der Waals surface area contributed by atoms with Gasteiger partial charge in [-0.2, -0.15) is 5.21 Å². The molecule has 0 radical (unpaired) electrons. The van der Waals surface area contributed by atoms with Crippen LogP contribution in [-0.2, 0) is 0 Å². The van der Waals surface area contributed by atoms with Crippen LogP contribution in [0.15, 0.2) is 18.2 Å². The summed E-state index contributed by atoms with van der Waals surface area (Å²) in [5.41, 5.74) is 1.58. The Balaban J connectivity index is 2.11. The van der Waals surface area contributed by atoms with E-state index < -0.39 is 5.91 Å². The second-order valence-corrected chi connectivity index (χ2v) is 4.33. The highest BCUT2D eigenvalue weighted by molar-refractivity contribution is 6.01. The summed E-state index contributed by atoms with van der Waals surface area (Å²) in [6.45, 7) is 5.81. The van der Waals surface area contributed by atoms with Crippen molar-refractivity contribution in [3.63, 3.8) is 0 Å². The molecule has 100 valence electrons. The van der Waals surface area contributed by atoms with E-state index in [0.717, 1.165) is 11.3 Å². The van der Waals surface area contributed by atoms with Crippen molar-refractivity contribution in [2.45, 2.75) is 26.9 Å². The second kappa shape index (κ2) is 5.47. The fourth-order valence-corrected chi connectivity index (χ4v) is 1.56. The third-order valence-corrected chi connectivity index (χ3v) is 2.37. The summed E-state index contributed by atoms with van der Waals surface area (Å²) >= 11 is 0. The number of carbonyl (C=O) groups excluding carboxylic acids is 1. The van der Waals surface area contributed by atoms with Crippen LogP contribution < -0.4 is 10.1 Å². The number of aryl methyl sites for hydroxylation is 1. The molecule has 0 saturated heterocycles. The first kappa shape index (κ1) is 13.0. The number of rotatable bonds is 4. The summed E-state index contributed by atoms with van der Waals surface area (Å²) in [5, 5.41) is 15.5. The zero-order valence-corrected chi connectivity index (χ0v) is 11.0. The van der Waals surface area contributed by atoms with E-state index in [1.165, 1.54) is 0 Å². The largest absolute Gasteiger partial charge is 0.491 e. The monoisotopic (exact) mass is 261 g/mol.